The minimum Gasteiger partial charge on any atom is -0.474 e. The summed E-state index contributed by atoms with van der Waals surface area (Å²) in [4.78, 5) is 21.3. The normalized spacial score (nSPS) is 21.6. The van der Waals surface area contributed by atoms with Crippen LogP contribution in [0.5, 0.6) is 5.88 Å². The number of amides is 2. The van der Waals surface area contributed by atoms with E-state index in [0.29, 0.717) is 60.5 Å². The molecule has 2 fully saturated rings. The molecule has 0 bridgehead atoms. The maximum Gasteiger partial charge on any atom is 0.320 e. The van der Waals surface area contributed by atoms with Crippen molar-refractivity contribution in [3.8, 4) is 18.0 Å². The van der Waals surface area contributed by atoms with Gasteiger partial charge in [-0.2, -0.15) is 10.5 Å². The summed E-state index contributed by atoms with van der Waals surface area (Å²) < 4.78 is 6.14. The van der Waals surface area contributed by atoms with E-state index in [1.165, 1.54) is 6.20 Å². The van der Waals surface area contributed by atoms with Crippen LogP contribution >= 0.6 is 23.2 Å². The van der Waals surface area contributed by atoms with Gasteiger partial charge in [-0.05, 0) is 43.5 Å². The lowest BCUT2D eigenvalue weighted by atomic mass is 9.86. The predicted molar refractivity (Wildman–Crippen MR) is 129 cm³/mol. The smallest absolute Gasteiger partial charge is 0.320 e. The van der Waals surface area contributed by atoms with E-state index < -0.39 is 0 Å². The maximum absolute atomic E-state index is 13.3. The molecule has 0 N–H and O–H groups in total. The largest absolute Gasteiger partial charge is 0.474 e. The molecule has 2 aliphatic rings. The third kappa shape index (κ3) is 5.22. The van der Waals surface area contributed by atoms with E-state index in [2.05, 4.69) is 11.1 Å². The molecule has 2 amide bonds. The molecule has 3 heterocycles. The lowest BCUT2D eigenvalue weighted by Gasteiger charge is -2.32. The van der Waals surface area contributed by atoms with Crippen LogP contribution in [0, 0.1) is 34.5 Å². The number of piperidine rings is 1. The van der Waals surface area contributed by atoms with Crippen molar-refractivity contribution in [2.45, 2.75) is 31.8 Å². The second kappa shape index (κ2) is 10.5. The molecular weight excluding hydrogens is 473 g/mol. The highest BCUT2D eigenvalue weighted by Gasteiger charge is 2.42. The molecule has 2 aliphatic heterocycles. The number of halogens is 2. The number of carbonyl (C=O) groups excluding carboxylic acids is 1. The number of rotatable bonds is 4. The number of hydrogen-bond acceptors (Lipinski definition) is 5. The lowest BCUT2D eigenvalue weighted by molar-refractivity contribution is 0.128. The Hall–Kier alpha value is -3.00. The fourth-order valence-electron chi connectivity index (χ4n) is 4.75. The number of benzene rings is 1. The van der Waals surface area contributed by atoms with E-state index in [1.807, 2.05) is 34.9 Å². The summed E-state index contributed by atoms with van der Waals surface area (Å²) in [5.41, 5.74) is 1.47. The molecule has 4 rings (SSSR count). The first-order chi connectivity index (χ1) is 16.4. The average molecular weight is 498 g/mol. The Morgan fingerprint density at radius 2 is 1.88 bits per heavy atom. The number of carbonyl (C=O) groups is 1. The van der Waals surface area contributed by atoms with Gasteiger partial charge in [-0.1, -0.05) is 29.3 Å². The Balaban J connectivity index is 1.54. The number of pyridine rings is 1. The zero-order valence-corrected chi connectivity index (χ0v) is 20.3. The minimum atomic E-state index is -0.248. The zero-order valence-electron chi connectivity index (χ0n) is 18.8. The Labute approximate surface area is 209 Å². The van der Waals surface area contributed by atoms with Crippen molar-refractivity contribution in [2.75, 3.05) is 26.2 Å². The van der Waals surface area contributed by atoms with Crippen LogP contribution in [0.15, 0.2) is 36.5 Å². The molecule has 0 saturated carbocycles. The highest BCUT2D eigenvalue weighted by Crippen LogP contribution is 2.39. The maximum atomic E-state index is 13.3. The highest BCUT2D eigenvalue weighted by atomic mass is 35.5. The standard InChI is InChI=1S/C25H25Cl2N5O2/c1-16(34-24-5-2-18(12-29)13-30-24)20-14-32(25(33)31-8-6-17(11-28)7-9-31)15-21(20)19-3-4-22(26)23(27)10-19/h2-5,10,13,16-17,20-21H,6-9,14-15H2,1H3. The summed E-state index contributed by atoms with van der Waals surface area (Å²) in [5.74, 6) is 0.453. The van der Waals surface area contributed by atoms with Crippen molar-refractivity contribution in [2.24, 2.45) is 11.8 Å². The molecule has 176 valence electrons. The van der Waals surface area contributed by atoms with Gasteiger partial charge in [-0.25, -0.2) is 9.78 Å². The first kappa shape index (κ1) is 24.1. The number of likely N-dealkylation sites (tertiary alicyclic amines) is 2. The van der Waals surface area contributed by atoms with Gasteiger partial charge in [0.05, 0.1) is 21.7 Å². The number of ether oxygens (including phenoxy) is 1. The topological polar surface area (TPSA) is 93.2 Å². The minimum absolute atomic E-state index is 0.00347. The van der Waals surface area contributed by atoms with Crippen LogP contribution in [0.25, 0.3) is 0 Å². The third-order valence-electron chi connectivity index (χ3n) is 6.73. The second-order valence-electron chi connectivity index (χ2n) is 8.84. The summed E-state index contributed by atoms with van der Waals surface area (Å²) in [6.45, 7) is 4.22. The van der Waals surface area contributed by atoms with Gasteiger partial charge in [0.25, 0.3) is 0 Å². The molecule has 2 saturated heterocycles. The summed E-state index contributed by atoms with van der Waals surface area (Å²) in [6, 6.07) is 13.3. The number of hydrogen-bond donors (Lipinski definition) is 0. The van der Waals surface area contributed by atoms with Gasteiger partial charge in [-0.15, -0.1) is 0 Å². The summed E-state index contributed by atoms with van der Waals surface area (Å²) >= 11 is 12.5. The number of aromatic nitrogens is 1. The van der Waals surface area contributed by atoms with Gasteiger partial charge in [0, 0.05) is 56.2 Å². The molecule has 2 aromatic rings. The Morgan fingerprint density at radius 1 is 1.12 bits per heavy atom. The van der Waals surface area contributed by atoms with E-state index in [9.17, 15) is 4.79 Å². The first-order valence-electron chi connectivity index (χ1n) is 11.3. The number of nitriles is 2. The summed E-state index contributed by atoms with van der Waals surface area (Å²) in [5, 5.41) is 19.1. The molecule has 1 aromatic heterocycles. The van der Waals surface area contributed by atoms with Crippen molar-refractivity contribution in [3.05, 3.63) is 57.7 Å². The van der Waals surface area contributed by atoms with Gasteiger partial charge in [0.1, 0.15) is 12.2 Å². The van der Waals surface area contributed by atoms with Crippen molar-refractivity contribution < 1.29 is 9.53 Å². The van der Waals surface area contributed by atoms with Gasteiger partial charge in [-0.3, -0.25) is 0 Å². The van der Waals surface area contributed by atoms with Gasteiger partial charge < -0.3 is 14.5 Å². The van der Waals surface area contributed by atoms with Crippen LogP contribution < -0.4 is 4.74 Å². The molecule has 0 spiro atoms. The van der Waals surface area contributed by atoms with Crippen LogP contribution in [-0.4, -0.2) is 53.1 Å². The number of nitrogens with zero attached hydrogens (tertiary/aromatic N) is 5. The molecule has 0 aliphatic carbocycles. The van der Waals surface area contributed by atoms with Crippen molar-refractivity contribution in [3.63, 3.8) is 0 Å². The van der Waals surface area contributed by atoms with E-state index >= 15 is 0 Å². The van der Waals surface area contributed by atoms with Crippen LogP contribution in [0.2, 0.25) is 10.0 Å². The van der Waals surface area contributed by atoms with Crippen LogP contribution in [0.4, 0.5) is 4.79 Å². The Kier molecular flexibility index (Phi) is 7.46. The molecular formula is C25H25Cl2N5O2. The highest BCUT2D eigenvalue weighted by molar-refractivity contribution is 6.42. The van der Waals surface area contributed by atoms with E-state index in [4.69, 9.17) is 38.5 Å². The monoisotopic (exact) mass is 497 g/mol. The third-order valence-corrected chi connectivity index (χ3v) is 7.47. The van der Waals surface area contributed by atoms with Crippen molar-refractivity contribution >= 4 is 29.2 Å². The molecule has 9 heteroatoms. The quantitative estimate of drug-likeness (QED) is 0.585. The van der Waals surface area contributed by atoms with Crippen molar-refractivity contribution in [1.82, 2.24) is 14.8 Å². The zero-order chi connectivity index (χ0) is 24.2. The Morgan fingerprint density at radius 3 is 2.50 bits per heavy atom. The van der Waals surface area contributed by atoms with E-state index in [1.54, 1.807) is 18.2 Å². The lowest BCUT2D eigenvalue weighted by Crippen LogP contribution is -2.46. The summed E-state index contributed by atoms with van der Waals surface area (Å²) in [6.07, 6.45) is 2.65. The SMILES string of the molecule is CC(Oc1ccc(C#N)cn1)C1CN(C(=O)N2CCC(C#N)CC2)CC1c1ccc(Cl)c(Cl)c1. The van der Waals surface area contributed by atoms with Crippen LogP contribution in [-0.2, 0) is 0 Å². The Bertz CT molecular complexity index is 1120. The summed E-state index contributed by atoms with van der Waals surface area (Å²) in [7, 11) is 0. The molecule has 0 radical (unpaired) electrons. The fraction of sp³-hybridized carbons (Fsp3) is 0.440. The van der Waals surface area contributed by atoms with E-state index in [-0.39, 0.29) is 29.9 Å². The van der Waals surface area contributed by atoms with Gasteiger partial charge in [0.2, 0.25) is 5.88 Å². The van der Waals surface area contributed by atoms with Crippen LogP contribution in [0.3, 0.4) is 0 Å². The van der Waals surface area contributed by atoms with Crippen LogP contribution in [0.1, 0.15) is 36.8 Å². The fourth-order valence-corrected chi connectivity index (χ4v) is 5.06. The van der Waals surface area contributed by atoms with E-state index in [0.717, 1.165) is 5.56 Å². The molecule has 3 atom stereocenters. The van der Waals surface area contributed by atoms with Gasteiger partial charge >= 0.3 is 6.03 Å². The predicted octanol–water partition coefficient (Wildman–Crippen LogP) is 5.10. The molecule has 3 unspecified atom stereocenters. The molecule has 7 nitrogen and oxygen atoms in total. The average Bonchev–Trinajstić information content (AvgIpc) is 3.31. The number of urea groups is 1. The molecule has 1 aromatic carbocycles. The second-order valence-corrected chi connectivity index (χ2v) is 9.66. The first-order valence-corrected chi connectivity index (χ1v) is 12.1. The molecule has 34 heavy (non-hydrogen) atoms. The van der Waals surface area contributed by atoms with Crippen molar-refractivity contribution in [1.29, 1.82) is 10.5 Å². The van der Waals surface area contributed by atoms with Gasteiger partial charge in [0.15, 0.2) is 0 Å².